The van der Waals surface area contributed by atoms with E-state index in [1.807, 2.05) is 18.2 Å². The van der Waals surface area contributed by atoms with E-state index in [-0.39, 0.29) is 5.57 Å². The Labute approximate surface area is 109 Å². The topological polar surface area (TPSA) is 72.5 Å². The number of hydrogen-bond donors (Lipinski definition) is 1. The van der Waals surface area contributed by atoms with Crippen LogP contribution in [-0.2, 0) is 0 Å². The van der Waals surface area contributed by atoms with Crippen LogP contribution in [0.3, 0.4) is 0 Å². The molecule has 1 heterocycles. The van der Waals surface area contributed by atoms with E-state index in [1.165, 1.54) is 6.20 Å². The number of nitriles is 2. The minimum absolute atomic E-state index is 0.00184. The first-order valence-electron chi connectivity index (χ1n) is 5.06. The second-order valence-corrected chi connectivity index (χ2v) is 3.89. The number of allylic oxidation sites excluding steroid dienone is 1. The molecule has 0 saturated heterocycles. The molecule has 4 nitrogen and oxygen atoms in total. The van der Waals surface area contributed by atoms with Crippen LogP contribution >= 0.6 is 11.6 Å². The Balaban J connectivity index is 2.46. The van der Waals surface area contributed by atoms with Gasteiger partial charge in [-0.05, 0) is 18.2 Å². The van der Waals surface area contributed by atoms with Gasteiger partial charge in [0.05, 0.1) is 10.5 Å². The molecule has 0 radical (unpaired) electrons. The molecule has 0 fully saturated rings. The van der Waals surface area contributed by atoms with Gasteiger partial charge in [-0.1, -0.05) is 17.7 Å². The molecular formula is C13H7ClN4. The molecule has 1 N–H and O–H groups in total. The highest BCUT2D eigenvalue weighted by atomic mass is 35.5. The van der Waals surface area contributed by atoms with Gasteiger partial charge in [-0.3, -0.25) is 4.98 Å². The summed E-state index contributed by atoms with van der Waals surface area (Å²) < 4.78 is 0. The average molecular weight is 255 g/mol. The van der Waals surface area contributed by atoms with Crippen molar-refractivity contribution in [2.24, 2.45) is 0 Å². The molecule has 0 unspecified atom stereocenters. The number of pyridine rings is 1. The van der Waals surface area contributed by atoms with Crippen molar-refractivity contribution in [3.05, 3.63) is 47.3 Å². The van der Waals surface area contributed by atoms with Gasteiger partial charge in [0.15, 0.2) is 0 Å². The smallest absolute Gasteiger partial charge is 0.145 e. The van der Waals surface area contributed by atoms with E-state index >= 15 is 0 Å². The van der Waals surface area contributed by atoms with Crippen molar-refractivity contribution in [2.45, 2.75) is 0 Å². The van der Waals surface area contributed by atoms with Crippen LogP contribution in [0.15, 0.2) is 42.2 Å². The maximum absolute atomic E-state index is 8.65. The second kappa shape index (κ2) is 5.18. The number of nitrogens with zero attached hydrogens (tertiary/aromatic N) is 3. The Bertz CT molecular complexity index is 691. The SMILES string of the molecule is N#CC(C#N)=CNc1cccc2ncc(Cl)cc12. The minimum Gasteiger partial charge on any atom is -0.359 e. The largest absolute Gasteiger partial charge is 0.359 e. The summed E-state index contributed by atoms with van der Waals surface area (Å²) in [7, 11) is 0. The van der Waals surface area contributed by atoms with Gasteiger partial charge in [-0.2, -0.15) is 10.5 Å². The number of anilines is 1. The molecule has 0 bridgehead atoms. The molecule has 0 aliphatic heterocycles. The van der Waals surface area contributed by atoms with Crippen LogP contribution in [0.2, 0.25) is 5.02 Å². The van der Waals surface area contributed by atoms with Crippen molar-refractivity contribution in [3.63, 3.8) is 0 Å². The van der Waals surface area contributed by atoms with Gasteiger partial charge < -0.3 is 5.32 Å². The molecule has 18 heavy (non-hydrogen) atoms. The quantitative estimate of drug-likeness (QED) is 0.835. The van der Waals surface area contributed by atoms with Crippen LogP contribution < -0.4 is 5.32 Å². The van der Waals surface area contributed by atoms with Crippen LogP contribution in [0.1, 0.15) is 0 Å². The summed E-state index contributed by atoms with van der Waals surface area (Å²) in [6.07, 6.45) is 2.93. The summed E-state index contributed by atoms with van der Waals surface area (Å²) in [5, 5.41) is 21.6. The molecule has 86 valence electrons. The van der Waals surface area contributed by atoms with Gasteiger partial charge in [0.25, 0.3) is 0 Å². The first-order chi connectivity index (χ1) is 8.74. The lowest BCUT2D eigenvalue weighted by Crippen LogP contribution is -1.92. The molecule has 0 aliphatic rings. The molecule has 2 aromatic rings. The molecular weight excluding hydrogens is 248 g/mol. The summed E-state index contributed by atoms with van der Waals surface area (Å²) in [5.41, 5.74) is 1.53. The Kier molecular flexibility index (Phi) is 3.43. The highest BCUT2D eigenvalue weighted by Crippen LogP contribution is 2.24. The lowest BCUT2D eigenvalue weighted by atomic mass is 10.2. The van der Waals surface area contributed by atoms with Gasteiger partial charge >= 0.3 is 0 Å². The van der Waals surface area contributed by atoms with Gasteiger partial charge in [-0.25, -0.2) is 0 Å². The van der Waals surface area contributed by atoms with E-state index in [0.717, 1.165) is 16.6 Å². The zero-order valence-electron chi connectivity index (χ0n) is 9.18. The summed E-state index contributed by atoms with van der Waals surface area (Å²) in [6, 6.07) is 10.8. The number of rotatable bonds is 2. The van der Waals surface area contributed by atoms with Crippen LogP contribution in [-0.4, -0.2) is 4.98 Å². The Hall–Kier alpha value is -2.56. The third-order valence-corrected chi connectivity index (χ3v) is 2.51. The van der Waals surface area contributed by atoms with E-state index in [4.69, 9.17) is 22.1 Å². The molecule has 2 rings (SSSR count). The normalized spacial score (nSPS) is 9.28. The zero-order valence-corrected chi connectivity index (χ0v) is 9.94. The van der Waals surface area contributed by atoms with Crippen LogP contribution in [0.25, 0.3) is 10.9 Å². The first kappa shape index (κ1) is 11.9. The van der Waals surface area contributed by atoms with Crippen molar-refractivity contribution >= 4 is 28.2 Å². The molecule has 1 aromatic carbocycles. The molecule has 0 saturated carbocycles. The fourth-order valence-electron chi connectivity index (χ4n) is 1.49. The van der Waals surface area contributed by atoms with E-state index < -0.39 is 0 Å². The fourth-order valence-corrected chi connectivity index (χ4v) is 1.65. The van der Waals surface area contributed by atoms with Crippen molar-refractivity contribution in [2.75, 3.05) is 5.32 Å². The Morgan fingerprint density at radius 1 is 1.33 bits per heavy atom. The summed E-state index contributed by atoms with van der Waals surface area (Å²) in [4.78, 5) is 4.19. The molecule has 0 atom stereocenters. The van der Waals surface area contributed by atoms with E-state index in [1.54, 1.807) is 24.4 Å². The molecule has 5 heteroatoms. The first-order valence-corrected chi connectivity index (χ1v) is 5.43. The Morgan fingerprint density at radius 2 is 2.11 bits per heavy atom. The molecule has 0 spiro atoms. The molecule has 1 aromatic heterocycles. The number of benzene rings is 1. The van der Waals surface area contributed by atoms with E-state index in [2.05, 4.69) is 10.3 Å². The lowest BCUT2D eigenvalue weighted by Gasteiger charge is -2.05. The van der Waals surface area contributed by atoms with Gasteiger partial charge in [0.2, 0.25) is 0 Å². The van der Waals surface area contributed by atoms with Crippen molar-refractivity contribution < 1.29 is 0 Å². The highest BCUT2D eigenvalue weighted by molar-refractivity contribution is 6.31. The van der Waals surface area contributed by atoms with E-state index in [0.29, 0.717) is 5.02 Å². The Morgan fingerprint density at radius 3 is 2.83 bits per heavy atom. The fraction of sp³-hybridized carbons (Fsp3) is 0. The van der Waals surface area contributed by atoms with Crippen molar-refractivity contribution in [1.29, 1.82) is 10.5 Å². The molecule has 0 aliphatic carbocycles. The number of fused-ring (bicyclic) bond motifs is 1. The van der Waals surface area contributed by atoms with Crippen LogP contribution in [0.4, 0.5) is 5.69 Å². The zero-order chi connectivity index (χ0) is 13.0. The monoisotopic (exact) mass is 254 g/mol. The van der Waals surface area contributed by atoms with Crippen molar-refractivity contribution in [3.8, 4) is 12.1 Å². The van der Waals surface area contributed by atoms with E-state index in [9.17, 15) is 0 Å². The van der Waals surface area contributed by atoms with Gasteiger partial charge in [0, 0.05) is 23.5 Å². The minimum atomic E-state index is 0.00184. The highest BCUT2D eigenvalue weighted by Gasteiger charge is 2.02. The lowest BCUT2D eigenvalue weighted by molar-refractivity contribution is 1.41. The number of aromatic nitrogens is 1. The predicted molar refractivity (Wildman–Crippen MR) is 69.7 cm³/mol. The average Bonchev–Trinajstić information content (AvgIpc) is 2.40. The number of hydrogen-bond acceptors (Lipinski definition) is 4. The summed E-state index contributed by atoms with van der Waals surface area (Å²) in [5.74, 6) is 0. The molecule has 0 amide bonds. The predicted octanol–water partition coefficient (Wildman–Crippen LogP) is 3.23. The third-order valence-electron chi connectivity index (χ3n) is 2.31. The van der Waals surface area contributed by atoms with Crippen molar-refractivity contribution in [1.82, 2.24) is 4.98 Å². The number of nitrogens with one attached hydrogen (secondary N) is 1. The standard InChI is InChI=1S/C13H7ClN4/c14-10-4-11-12(17-7-9(5-15)6-16)2-1-3-13(11)18-8-10/h1-4,7-8,17H. The second-order valence-electron chi connectivity index (χ2n) is 3.45. The maximum Gasteiger partial charge on any atom is 0.145 e. The van der Waals surface area contributed by atoms with Gasteiger partial charge in [0.1, 0.15) is 17.7 Å². The third kappa shape index (κ3) is 2.40. The summed E-state index contributed by atoms with van der Waals surface area (Å²) in [6.45, 7) is 0. The summed E-state index contributed by atoms with van der Waals surface area (Å²) >= 11 is 5.90. The van der Waals surface area contributed by atoms with Crippen LogP contribution in [0, 0.1) is 22.7 Å². The van der Waals surface area contributed by atoms with Gasteiger partial charge in [-0.15, -0.1) is 0 Å². The maximum atomic E-state index is 8.65. The number of halogens is 1. The van der Waals surface area contributed by atoms with Crippen LogP contribution in [0.5, 0.6) is 0 Å².